The van der Waals surface area contributed by atoms with E-state index in [4.69, 9.17) is 0 Å². The third kappa shape index (κ3) is 3.47. The number of benzene rings is 1. The molecule has 0 saturated carbocycles. The molecular formula is C14H17BrF3NO. The second kappa shape index (κ2) is 5.93. The van der Waals surface area contributed by atoms with Gasteiger partial charge in [-0.2, -0.15) is 13.2 Å². The van der Waals surface area contributed by atoms with Crippen LogP contribution in [0.25, 0.3) is 0 Å². The number of hydrogen-bond acceptors (Lipinski definition) is 2. The minimum atomic E-state index is -4.35. The van der Waals surface area contributed by atoms with Crippen LogP contribution in [-0.2, 0) is 6.18 Å². The van der Waals surface area contributed by atoms with E-state index in [0.29, 0.717) is 30.4 Å². The fourth-order valence-corrected chi connectivity index (χ4v) is 2.98. The zero-order valence-corrected chi connectivity index (χ0v) is 12.7. The maximum Gasteiger partial charge on any atom is 0.418 e. The largest absolute Gasteiger partial charge is 0.418 e. The van der Waals surface area contributed by atoms with Gasteiger partial charge in [-0.15, -0.1) is 0 Å². The first-order chi connectivity index (χ1) is 9.29. The molecule has 112 valence electrons. The van der Waals surface area contributed by atoms with Crippen LogP contribution >= 0.6 is 15.9 Å². The van der Waals surface area contributed by atoms with Crippen LogP contribution in [0.2, 0.25) is 0 Å². The number of piperidine rings is 1. The van der Waals surface area contributed by atoms with Crippen molar-refractivity contribution in [2.75, 3.05) is 18.0 Å². The Balaban J connectivity index is 2.23. The van der Waals surface area contributed by atoms with Crippen LogP contribution in [0, 0.1) is 5.92 Å². The highest BCUT2D eigenvalue weighted by atomic mass is 79.9. The van der Waals surface area contributed by atoms with Crippen LogP contribution in [0.4, 0.5) is 18.9 Å². The number of alkyl halides is 3. The summed E-state index contributed by atoms with van der Waals surface area (Å²) in [6.45, 7) is 2.81. The summed E-state index contributed by atoms with van der Waals surface area (Å²) in [6.07, 6.45) is -3.33. The van der Waals surface area contributed by atoms with Crippen molar-refractivity contribution in [3.8, 4) is 0 Å². The Morgan fingerprint density at radius 1 is 1.30 bits per heavy atom. The zero-order chi connectivity index (χ0) is 14.9. The van der Waals surface area contributed by atoms with E-state index >= 15 is 0 Å². The Kier molecular flexibility index (Phi) is 4.64. The number of anilines is 1. The number of aliphatic hydroxyl groups is 1. The van der Waals surface area contributed by atoms with Gasteiger partial charge in [0, 0.05) is 17.6 Å². The van der Waals surface area contributed by atoms with Crippen LogP contribution < -0.4 is 4.90 Å². The second-order valence-corrected chi connectivity index (χ2v) is 6.14. The lowest BCUT2D eigenvalue weighted by Crippen LogP contribution is -2.38. The maximum absolute atomic E-state index is 13.1. The fourth-order valence-electron chi connectivity index (χ4n) is 2.63. The molecule has 0 radical (unpaired) electrons. The van der Waals surface area contributed by atoms with E-state index in [-0.39, 0.29) is 11.6 Å². The highest BCUT2D eigenvalue weighted by molar-refractivity contribution is 9.10. The normalized spacial score (nSPS) is 19.2. The molecule has 0 aromatic heterocycles. The quantitative estimate of drug-likeness (QED) is 0.868. The lowest BCUT2D eigenvalue weighted by Gasteiger charge is -2.36. The molecule has 1 unspecified atom stereocenters. The molecule has 1 aliphatic rings. The number of aliphatic hydroxyl groups excluding tert-OH is 1. The van der Waals surface area contributed by atoms with Crippen molar-refractivity contribution in [3.63, 3.8) is 0 Å². The third-order valence-electron chi connectivity index (χ3n) is 3.83. The minimum absolute atomic E-state index is 0.174. The lowest BCUT2D eigenvalue weighted by atomic mass is 9.91. The third-order valence-corrected chi connectivity index (χ3v) is 4.32. The summed E-state index contributed by atoms with van der Waals surface area (Å²) in [5, 5.41) is 9.56. The van der Waals surface area contributed by atoms with E-state index in [1.807, 2.05) is 0 Å². The summed E-state index contributed by atoms with van der Waals surface area (Å²) < 4.78 is 39.8. The topological polar surface area (TPSA) is 23.5 Å². The molecule has 6 heteroatoms. The number of hydrogen-bond donors (Lipinski definition) is 1. The molecule has 0 aliphatic carbocycles. The van der Waals surface area contributed by atoms with Crippen LogP contribution in [-0.4, -0.2) is 24.3 Å². The number of nitrogens with zero attached hydrogens (tertiary/aromatic N) is 1. The number of rotatable bonds is 2. The lowest BCUT2D eigenvalue weighted by molar-refractivity contribution is -0.137. The standard InChI is InChI=1S/C14H17BrF3NO/c1-9(20)10-4-6-19(7-5-10)13-8-11(15)2-3-12(13)14(16,17)18/h2-3,8-10,20H,4-7H2,1H3. The first-order valence-electron chi connectivity index (χ1n) is 6.59. The van der Waals surface area contributed by atoms with Crippen LogP contribution in [0.15, 0.2) is 22.7 Å². The average molecular weight is 352 g/mol. The van der Waals surface area contributed by atoms with Crippen molar-refractivity contribution in [2.45, 2.75) is 32.0 Å². The van der Waals surface area contributed by atoms with Gasteiger partial charge in [-0.1, -0.05) is 15.9 Å². The molecular weight excluding hydrogens is 335 g/mol. The highest BCUT2D eigenvalue weighted by Crippen LogP contribution is 2.39. The molecule has 1 atom stereocenters. The monoisotopic (exact) mass is 351 g/mol. The van der Waals surface area contributed by atoms with E-state index < -0.39 is 17.8 Å². The van der Waals surface area contributed by atoms with Gasteiger partial charge in [0.25, 0.3) is 0 Å². The second-order valence-electron chi connectivity index (χ2n) is 5.22. The van der Waals surface area contributed by atoms with Crippen LogP contribution in [0.3, 0.4) is 0 Å². The van der Waals surface area contributed by atoms with Crippen molar-refractivity contribution >= 4 is 21.6 Å². The molecule has 1 fully saturated rings. The molecule has 0 amide bonds. The van der Waals surface area contributed by atoms with Crippen molar-refractivity contribution in [2.24, 2.45) is 5.92 Å². The Morgan fingerprint density at radius 3 is 2.40 bits per heavy atom. The van der Waals surface area contributed by atoms with Gasteiger partial charge in [0.05, 0.1) is 17.4 Å². The summed E-state index contributed by atoms with van der Waals surface area (Å²) in [7, 11) is 0. The summed E-state index contributed by atoms with van der Waals surface area (Å²) in [5.74, 6) is 0.174. The van der Waals surface area contributed by atoms with Gasteiger partial charge in [0.1, 0.15) is 0 Å². The van der Waals surface area contributed by atoms with Gasteiger partial charge >= 0.3 is 6.18 Å². The fraction of sp³-hybridized carbons (Fsp3) is 0.571. The maximum atomic E-state index is 13.1. The smallest absolute Gasteiger partial charge is 0.393 e. The molecule has 1 aromatic carbocycles. The summed E-state index contributed by atoms with van der Waals surface area (Å²) in [4.78, 5) is 1.76. The van der Waals surface area contributed by atoms with E-state index in [2.05, 4.69) is 15.9 Å². The first-order valence-corrected chi connectivity index (χ1v) is 7.38. The predicted octanol–water partition coefficient (Wildman–Crippen LogP) is 4.07. The van der Waals surface area contributed by atoms with Gasteiger partial charge in [-0.3, -0.25) is 0 Å². The Hall–Kier alpha value is -0.750. The van der Waals surface area contributed by atoms with E-state index in [0.717, 1.165) is 6.07 Å². The van der Waals surface area contributed by atoms with Crippen molar-refractivity contribution < 1.29 is 18.3 Å². The summed E-state index contributed by atoms with van der Waals surface area (Å²) in [5.41, 5.74) is -0.382. The predicted molar refractivity (Wildman–Crippen MR) is 75.8 cm³/mol. The van der Waals surface area contributed by atoms with Crippen LogP contribution in [0.1, 0.15) is 25.3 Å². The Morgan fingerprint density at radius 2 is 1.90 bits per heavy atom. The summed E-state index contributed by atoms with van der Waals surface area (Å²) >= 11 is 3.23. The van der Waals surface area contributed by atoms with Gasteiger partial charge in [0.2, 0.25) is 0 Å². The molecule has 1 aliphatic heterocycles. The zero-order valence-electron chi connectivity index (χ0n) is 11.1. The Bertz CT molecular complexity index is 468. The SMILES string of the molecule is CC(O)C1CCN(c2cc(Br)ccc2C(F)(F)F)CC1. The molecule has 1 saturated heterocycles. The molecule has 1 N–H and O–H groups in total. The van der Waals surface area contributed by atoms with Gasteiger partial charge in [-0.25, -0.2) is 0 Å². The van der Waals surface area contributed by atoms with Crippen molar-refractivity contribution in [1.29, 1.82) is 0 Å². The van der Waals surface area contributed by atoms with E-state index in [9.17, 15) is 18.3 Å². The molecule has 0 bridgehead atoms. The van der Waals surface area contributed by atoms with Crippen LogP contribution in [0.5, 0.6) is 0 Å². The Labute approximate surface area is 124 Å². The highest BCUT2D eigenvalue weighted by Gasteiger charge is 2.35. The molecule has 20 heavy (non-hydrogen) atoms. The molecule has 1 aromatic rings. The van der Waals surface area contributed by atoms with Crippen molar-refractivity contribution in [1.82, 2.24) is 0 Å². The summed E-state index contributed by atoms with van der Waals surface area (Å²) in [6, 6.07) is 4.04. The molecule has 2 rings (SSSR count). The minimum Gasteiger partial charge on any atom is -0.393 e. The molecule has 0 spiro atoms. The number of halogens is 4. The average Bonchev–Trinajstić information content (AvgIpc) is 2.37. The molecule has 2 nitrogen and oxygen atoms in total. The van der Waals surface area contributed by atoms with Crippen molar-refractivity contribution in [3.05, 3.63) is 28.2 Å². The van der Waals surface area contributed by atoms with Gasteiger partial charge in [0.15, 0.2) is 0 Å². The van der Waals surface area contributed by atoms with Gasteiger partial charge in [-0.05, 0) is 43.9 Å². The van der Waals surface area contributed by atoms with E-state index in [1.54, 1.807) is 11.8 Å². The van der Waals surface area contributed by atoms with Gasteiger partial charge < -0.3 is 10.0 Å². The molecule has 1 heterocycles. The van der Waals surface area contributed by atoms with E-state index in [1.165, 1.54) is 12.1 Å². The first kappa shape index (κ1) is 15.6.